The largest absolute Gasteiger partial charge is 0.336 e. The minimum atomic E-state index is -1.60. The smallest absolute Gasteiger partial charge is 0.248 e. The number of alkyl halides is 3. The van der Waals surface area contributed by atoms with Crippen molar-refractivity contribution in [1.82, 2.24) is 9.97 Å². The molecule has 1 aromatic heterocycles. The van der Waals surface area contributed by atoms with Gasteiger partial charge in [0.2, 0.25) is 3.79 Å². The highest BCUT2D eigenvalue weighted by Crippen LogP contribution is 2.35. The first-order chi connectivity index (χ1) is 5.04. The molecule has 0 aliphatic heterocycles. The number of halogens is 3. The second-order valence-corrected chi connectivity index (χ2v) is 4.08. The highest BCUT2D eigenvalue weighted by atomic mass is 35.6. The Kier molecular flexibility index (Phi) is 2.42. The van der Waals surface area contributed by atoms with Crippen molar-refractivity contribution in [3.05, 3.63) is 17.7 Å². The van der Waals surface area contributed by atoms with Gasteiger partial charge in [-0.1, -0.05) is 34.8 Å². The minimum absolute atomic E-state index is 0.143. The van der Waals surface area contributed by atoms with Gasteiger partial charge >= 0.3 is 0 Å². The summed E-state index contributed by atoms with van der Waals surface area (Å²) in [4.78, 5) is 16.3. The van der Waals surface area contributed by atoms with E-state index in [4.69, 9.17) is 34.8 Å². The summed E-state index contributed by atoms with van der Waals surface area (Å²) in [7, 11) is 0. The summed E-state index contributed by atoms with van der Waals surface area (Å²) in [6.07, 6.45) is 1.89. The van der Waals surface area contributed by atoms with E-state index in [0.29, 0.717) is 6.29 Å². The Morgan fingerprint density at radius 2 is 2.18 bits per heavy atom. The van der Waals surface area contributed by atoms with E-state index >= 15 is 0 Å². The Labute approximate surface area is 77.7 Å². The highest BCUT2D eigenvalue weighted by Gasteiger charge is 2.26. The fraction of sp³-hybridized carbons (Fsp3) is 0.200. The Balaban J connectivity index is 2.98. The Morgan fingerprint density at radius 3 is 2.45 bits per heavy atom. The predicted octanol–water partition coefficient (Wildman–Crippen LogP) is 2.05. The molecule has 0 amide bonds. The number of hydrogen-bond acceptors (Lipinski definition) is 2. The van der Waals surface area contributed by atoms with Gasteiger partial charge in [0.1, 0.15) is 0 Å². The second-order valence-electron chi connectivity index (χ2n) is 1.80. The Bertz CT molecular complexity index is 265. The third-order valence-electron chi connectivity index (χ3n) is 0.991. The predicted molar refractivity (Wildman–Crippen MR) is 43.2 cm³/mol. The fourth-order valence-electron chi connectivity index (χ4n) is 0.539. The van der Waals surface area contributed by atoms with Gasteiger partial charge < -0.3 is 4.98 Å². The number of carbonyl (C=O) groups is 1. The molecule has 0 saturated carbocycles. The van der Waals surface area contributed by atoms with E-state index in [-0.39, 0.29) is 11.5 Å². The molecular weight excluding hydrogens is 210 g/mol. The van der Waals surface area contributed by atoms with Crippen LogP contribution in [-0.2, 0) is 3.79 Å². The molecule has 0 aliphatic carbocycles. The van der Waals surface area contributed by atoms with Gasteiger partial charge in [0.15, 0.2) is 12.1 Å². The number of rotatable bonds is 1. The number of carbonyl (C=O) groups excluding carboxylic acids is 1. The van der Waals surface area contributed by atoms with Gasteiger partial charge in [-0.25, -0.2) is 4.98 Å². The van der Waals surface area contributed by atoms with Gasteiger partial charge in [-0.3, -0.25) is 4.79 Å². The van der Waals surface area contributed by atoms with Crippen LogP contribution in [0.5, 0.6) is 0 Å². The van der Waals surface area contributed by atoms with Crippen LogP contribution in [0, 0.1) is 0 Å². The van der Waals surface area contributed by atoms with Crippen molar-refractivity contribution in [2.75, 3.05) is 0 Å². The minimum Gasteiger partial charge on any atom is -0.336 e. The van der Waals surface area contributed by atoms with Gasteiger partial charge in [-0.15, -0.1) is 0 Å². The van der Waals surface area contributed by atoms with Crippen molar-refractivity contribution in [2.24, 2.45) is 0 Å². The summed E-state index contributed by atoms with van der Waals surface area (Å²) >= 11 is 16.4. The van der Waals surface area contributed by atoms with E-state index in [2.05, 4.69) is 9.97 Å². The Hall–Kier alpha value is -0.250. The molecule has 0 bridgehead atoms. The zero-order chi connectivity index (χ0) is 8.48. The molecule has 0 radical (unpaired) electrons. The summed E-state index contributed by atoms with van der Waals surface area (Å²) < 4.78 is -1.60. The molecule has 1 aromatic rings. The zero-order valence-corrected chi connectivity index (χ0v) is 7.41. The van der Waals surface area contributed by atoms with Crippen LogP contribution in [0.15, 0.2) is 6.20 Å². The monoisotopic (exact) mass is 212 g/mol. The normalized spacial score (nSPS) is 11.5. The van der Waals surface area contributed by atoms with Crippen LogP contribution in [0.25, 0.3) is 0 Å². The molecule has 6 heteroatoms. The van der Waals surface area contributed by atoms with Gasteiger partial charge in [-0.2, -0.15) is 0 Å². The first-order valence-electron chi connectivity index (χ1n) is 2.61. The molecule has 0 saturated heterocycles. The van der Waals surface area contributed by atoms with Crippen LogP contribution in [-0.4, -0.2) is 16.3 Å². The summed E-state index contributed by atoms with van der Waals surface area (Å²) in [6.45, 7) is 0. The first kappa shape index (κ1) is 8.84. The van der Waals surface area contributed by atoms with Crippen molar-refractivity contribution in [3.63, 3.8) is 0 Å². The summed E-state index contributed by atoms with van der Waals surface area (Å²) in [6, 6.07) is 0. The van der Waals surface area contributed by atoms with Gasteiger partial charge in [0.25, 0.3) is 0 Å². The van der Waals surface area contributed by atoms with Crippen molar-refractivity contribution in [2.45, 2.75) is 3.79 Å². The second kappa shape index (κ2) is 3.01. The highest BCUT2D eigenvalue weighted by molar-refractivity contribution is 6.66. The molecule has 3 nitrogen and oxygen atoms in total. The lowest BCUT2D eigenvalue weighted by Gasteiger charge is -2.04. The van der Waals surface area contributed by atoms with E-state index in [1.807, 2.05) is 0 Å². The molecule has 0 unspecified atom stereocenters. The molecule has 1 heterocycles. The molecule has 11 heavy (non-hydrogen) atoms. The first-order valence-corrected chi connectivity index (χ1v) is 3.75. The lowest BCUT2D eigenvalue weighted by atomic mass is 10.5. The molecule has 0 aliphatic rings. The van der Waals surface area contributed by atoms with E-state index in [1.165, 1.54) is 6.20 Å². The summed E-state index contributed by atoms with van der Waals surface area (Å²) in [5, 5.41) is 0. The molecule has 1 rings (SSSR count). The maximum Gasteiger partial charge on any atom is 0.248 e. The molecule has 0 spiro atoms. The molecule has 0 aromatic carbocycles. The maximum atomic E-state index is 10.1. The Morgan fingerprint density at radius 1 is 1.55 bits per heavy atom. The average molecular weight is 213 g/mol. The van der Waals surface area contributed by atoms with Crippen LogP contribution in [0.2, 0.25) is 0 Å². The SMILES string of the molecule is O=Cc1cnc(C(Cl)(Cl)Cl)[nH]1. The number of H-pyrrole nitrogens is 1. The van der Waals surface area contributed by atoms with Crippen LogP contribution in [0.4, 0.5) is 0 Å². The standard InChI is InChI=1S/C5H3Cl3N2O/c6-5(7,8)4-9-1-3(2-11)10-4/h1-2H,(H,9,10). The lowest BCUT2D eigenvalue weighted by molar-refractivity contribution is 0.111. The third kappa shape index (κ3) is 2.09. The molecular formula is C5H3Cl3N2O. The lowest BCUT2D eigenvalue weighted by Crippen LogP contribution is -2.02. The maximum absolute atomic E-state index is 10.1. The van der Waals surface area contributed by atoms with Crippen LogP contribution < -0.4 is 0 Å². The van der Waals surface area contributed by atoms with Crippen LogP contribution >= 0.6 is 34.8 Å². The molecule has 1 N–H and O–H groups in total. The van der Waals surface area contributed by atoms with Gasteiger partial charge in [0.05, 0.1) is 11.9 Å². The van der Waals surface area contributed by atoms with Gasteiger partial charge in [0, 0.05) is 0 Å². The molecule has 0 fully saturated rings. The topological polar surface area (TPSA) is 45.8 Å². The number of nitrogens with one attached hydrogen (secondary N) is 1. The molecule has 60 valence electrons. The van der Waals surface area contributed by atoms with E-state index in [1.54, 1.807) is 0 Å². The van der Waals surface area contributed by atoms with Crippen molar-refractivity contribution < 1.29 is 4.79 Å². The summed E-state index contributed by atoms with van der Waals surface area (Å²) in [5.74, 6) is 0.143. The fourth-order valence-corrected chi connectivity index (χ4v) is 0.827. The van der Waals surface area contributed by atoms with Crippen molar-refractivity contribution in [1.29, 1.82) is 0 Å². The molecule has 0 atom stereocenters. The van der Waals surface area contributed by atoms with E-state index < -0.39 is 3.79 Å². The number of nitrogens with zero attached hydrogens (tertiary/aromatic N) is 1. The number of hydrogen-bond donors (Lipinski definition) is 1. The number of aromatic nitrogens is 2. The van der Waals surface area contributed by atoms with E-state index in [0.717, 1.165) is 0 Å². The van der Waals surface area contributed by atoms with Crippen LogP contribution in [0.1, 0.15) is 16.3 Å². The zero-order valence-electron chi connectivity index (χ0n) is 5.14. The number of imidazole rings is 1. The van der Waals surface area contributed by atoms with E-state index in [9.17, 15) is 4.79 Å². The van der Waals surface area contributed by atoms with Crippen molar-refractivity contribution >= 4 is 41.1 Å². The van der Waals surface area contributed by atoms with Crippen LogP contribution in [0.3, 0.4) is 0 Å². The number of aromatic amines is 1. The quantitative estimate of drug-likeness (QED) is 0.573. The average Bonchev–Trinajstić information content (AvgIpc) is 2.32. The van der Waals surface area contributed by atoms with Crippen molar-refractivity contribution in [3.8, 4) is 0 Å². The third-order valence-corrected chi connectivity index (χ3v) is 1.53. The number of aldehydes is 1. The summed E-state index contributed by atoms with van der Waals surface area (Å²) in [5.41, 5.74) is 0.284. The van der Waals surface area contributed by atoms with Gasteiger partial charge in [-0.05, 0) is 0 Å².